The Kier molecular flexibility index (Phi) is 4.32. The van der Waals surface area contributed by atoms with Gasteiger partial charge in [0.25, 0.3) is 0 Å². The summed E-state index contributed by atoms with van der Waals surface area (Å²) in [5, 5.41) is 5.34. The normalized spacial score (nSPS) is 25.9. The number of rotatable bonds is 1. The topological polar surface area (TPSA) is 24.4 Å². The number of halogens is 3. The number of aliphatic imine (C=N–C) groups is 1. The largest absolute Gasteiger partial charge is 0.334 e. The number of amidine groups is 1. The van der Waals surface area contributed by atoms with E-state index in [4.69, 9.17) is 28.2 Å². The second-order valence-electron chi connectivity index (χ2n) is 4.85. The minimum absolute atomic E-state index is 0.494. The van der Waals surface area contributed by atoms with Gasteiger partial charge in [-0.2, -0.15) is 0 Å². The molecule has 2 nitrogen and oxygen atoms in total. The summed E-state index contributed by atoms with van der Waals surface area (Å²) in [6.07, 6.45) is 3.84. The van der Waals surface area contributed by atoms with E-state index in [1.54, 1.807) is 11.8 Å². The fraction of sp³-hybridized carbons (Fsp3) is 0.462. The monoisotopic (exact) mass is 378 g/mol. The van der Waals surface area contributed by atoms with Crippen LogP contribution in [0.2, 0.25) is 10.0 Å². The predicted molar refractivity (Wildman–Crippen MR) is 88.8 cm³/mol. The van der Waals surface area contributed by atoms with E-state index in [1.165, 1.54) is 19.3 Å². The van der Waals surface area contributed by atoms with Gasteiger partial charge in [-0.25, -0.2) is 0 Å². The van der Waals surface area contributed by atoms with E-state index in [9.17, 15) is 0 Å². The zero-order valence-electron chi connectivity index (χ0n) is 10.1. The van der Waals surface area contributed by atoms with Gasteiger partial charge in [0.05, 0.1) is 21.8 Å². The van der Waals surface area contributed by atoms with Crippen molar-refractivity contribution in [2.24, 2.45) is 10.9 Å². The summed E-state index contributed by atoms with van der Waals surface area (Å²) in [7, 11) is 0. The molecule has 0 saturated heterocycles. The molecule has 0 radical (unpaired) electrons. The van der Waals surface area contributed by atoms with Gasteiger partial charge in [-0.3, -0.25) is 4.99 Å². The molecule has 1 fully saturated rings. The van der Waals surface area contributed by atoms with Crippen molar-refractivity contribution in [2.45, 2.75) is 25.3 Å². The molecule has 19 heavy (non-hydrogen) atoms. The number of hydrogen-bond donors (Lipinski definition) is 1. The van der Waals surface area contributed by atoms with Gasteiger partial charge in [-0.05, 0) is 46.8 Å². The molecule has 0 spiro atoms. The molecule has 1 aromatic carbocycles. The van der Waals surface area contributed by atoms with Crippen LogP contribution in [0.1, 0.15) is 19.3 Å². The van der Waals surface area contributed by atoms with Gasteiger partial charge in [0.2, 0.25) is 0 Å². The minimum atomic E-state index is 0.494. The van der Waals surface area contributed by atoms with Crippen LogP contribution in [0.5, 0.6) is 0 Å². The Labute approximate surface area is 135 Å². The second-order valence-corrected chi connectivity index (χ2v) is 7.47. The van der Waals surface area contributed by atoms with Gasteiger partial charge >= 0.3 is 0 Å². The average Bonchev–Trinajstić information content (AvgIpc) is 2.87. The molecule has 6 heteroatoms. The van der Waals surface area contributed by atoms with Crippen molar-refractivity contribution < 1.29 is 0 Å². The first kappa shape index (κ1) is 14.1. The van der Waals surface area contributed by atoms with Crippen LogP contribution in [0.4, 0.5) is 5.69 Å². The lowest BCUT2D eigenvalue weighted by molar-refractivity contribution is 0.535. The highest BCUT2D eigenvalue weighted by atomic mass is 79.9. The molecule has 102 valence electrons. The number of hydrogen-bond acceptors (Lipinski definition) is 3. The molecule has 1 heterocycles. The average molecular weight is 380 g/mol. The van der Waals surface area contributed by atoms with E-state index in [0.29, 0.717) is 16.1 Å². The van der Waals surface area contributed by atoms with Gasteiger partial charge in [0, 0.05) is 10.2 Å². The molecule has 0 bridgehead atoms. The fourth-order valence-electron chi connectivity index (χ4n) is 2.56. The van der Waals surface area contributed by atoms with Crippen LogP contribution in [-0.4, -0.2) is 17.0 Å². The first-order chi connectivity index (χ1) is 9.15. The molecule has 1 N–H and O–H groups in total. The number of nitrogens with zero attached hydrogens (tertiary/aromatic N) is 1. The number of nitrogens with one attached hydrogen (secondary N) is 1. The van der Waals surface area contributed by atoms with Crippen molar-refractivity contribution in [1.82, 2.24) is 0 Å². The number of benzene rings is 1. The summed E-state index contributed by atoms with van der Waals surface area (Å²) in [6, 6.07) is 4.30. The molecular formula is C13H13BrCl2N2S. The van der Waals surface area contributed by atoms with Crippen molar-refractivity contribution in [3.05, 3.63) is 26.7 Å². The van der Waals surface area contributed by atoms with Gasteiger partial charge in [0.1, 0.15) is 0 Å². The molecular weight excluding hydrogens is 367 g/mol. The fourth-order valence-corrected chi connectivity index (χ4v) is 4.54. The maximum absolute atomic E-state index is 6.24. The SMILES string of the molecule is Clc1c(Br)ccc(NC2=NC3CCCC3CS2)c1Cl. The van der Waals surface area contributed by atoms with E-state index in [2.05, 4.69) is 21.2 Å². The van der Waals surface area contributed by atoms with Crippen LogP contribution in [0, 0.1) is 5.92 Å². The summed E-state index contributed by atoms with van der Waals surface area (Å²) in [5.74, 6) is 1.91. The lowest BCUT2D eigenvalue weighted by Gasteiger charge is -2.23. The first-order valence-electron chi connectivity index (χ1n) is 6.26. The lowest BCUT2D eigenvalue weighted by Crippen LogP contribution is -2.25. The summed E-state index contributed by atoms with van der Waals surface area (Å²) in [6.45, 7) is 0. The molecule has 0 aromatic heterocycles. The third-order valence-electron chi connectivity index (χ3n) is 3.61. The van der Waals surface area contributed by atoms with E-state index in [-0.39, 0.29) is 0 Å². The molecule has 3 rings (SSSR count). The van der Waals surface area contributed by atoms with Crippen LogP contribution in [-0.2, 0) is 0 Å². The van der Waals surface area contributed by atoms with Gasteiger partial charge in [0.15, 0.2) is 5.17 Å². The zero-order chi connectivity index (χ0) is 13.4. The van der Waals surface area contributed by atoms with Crippen molar-refractivity contribution in [3.8, 4) is 0 Å². The summed E-state index contributed by atoms with van der Waals surface area (Å²) in [4.78, 5) is 4.79. The maximum Gasteiger partial charge on any atom is 0.161 e. The van der Waals surface area contributed by atoms with Gasteiger partial charge < -0.3 is 5.32 Å². The Hall–Kier alpha value is 0.1000. The number of anilines is 1. The minimum Gasteiger partial charge on any atom is -0.334 e. The Balaban J connectivity index is 1.80. The second kappa shape index (κ2) is 5.84. The van der Waals surface area contributed by atoms with Crippen LogP contribution in [0.15, 0.2) is 21.6 Å². The van der Waals surface area contributed by atoms with Gasteiger partial charge in [-0.15, -0.1) is 0 Å². The molecule has 2 atom stereocenters. The summed E-state index contributed by atoms with van der Waals surface area (Å²) in [5.41, 5.74) is 0.817. The quantitative estimate of drug-likeness (QED) is 0.657. The summed E-state index contributed by atoms with van der Waals surface area (Å²) >= 11 is 17.5. The van der Waals surface area contributed by atoms with E-state index < -0.39 is 0 Å². The smallest absolute Gasteiger partial charge is 0.161 e. The van der Waals surface area contributed by atoms with Crippen LogP contribution >= 0.6 is 50.9 Å². The van der Waals surface area contributed by atoms with E-state index in [1.807, 2.05) is 12.1 Å². The lowest BCUT2D eigenvalue weighted by atomic mass is 10.1. The van der Waals surface area contributed by atoms with E-state index >= 15 is 0 Å². The molecule has 0 amide bonds. The molecule has 2 unspecified atom stereocenters. The molecule has 1 saturated carbocycles. The van der Waals surface area contributed by atoms with Crippen molar-refractivity contribution in [1.29, 1.82) is 0 Å². The third kappa shape index (κ3) is 2.92. The highest BCUT2D eigenvalue weighted by molar-refractivity contribution is 9.10. The Morgan fingerprint density at radius 3 is 2.95 bits per heavy atom. The van der Waals surface area contributed by atoms with Crippen LogP contribution in [0.25, 0.3) is 0 Å². The molecule has 1 aliphatic carbocycles. The van der Waals surface area contributed by atoms with Crippen molar-refractivity contribution in [2.75, 3.05) is 11.1 Å². The predicted octanol–water partition coefficient (Wildman–Crippen LogP) is 5.44. The molecule has 1 aliphatic heterocycles. The highest BCUT2D eigenvalue weighted by Gasteiger charge is 2.31. The third-order valence-corrected chi connectivity index (χ3v) is 6.46. The van der Waals surface area contributed by atoms with Gasteiger partial charge in [-0.1, -0.05) is 41.4 Å². The van der Waals surface area contributed by atoms with Crippen molar-refractivity contribution >= 4 is 61.7 Å². The van der Waals surface area contributed by atoms with Crippen LogP contribution in [0.3, 0.4) is 0 Å². The number of thioether (sulfide) groups is 1. The van der Waals surface area contributed by atoms with E-state index in [0.717, 1.165) is 27.0 Å². The molecule has 1 aromatic rings. The van der Waals surface area contributed by atoms with Crippen molar-refractivity contribution in [3.63, 3.8) is 0 Å². The Morgan fingerprint density at radius 2 is 2.11 bits per heavy atom. The first-order valence-corrected chi connectivity index (χ1v) is 8.79. The summed E-state index contributed by atoms with van der Waals surface area (Å²) < 4.78 is 0.804. The Bertz CT molecular complexity index is 536. The zero-order valence-corrected chi connectivity index (χ0v) is 14.0. The number of fused-ring (bicyclic) bond motifs is 1. The highest BCUT2D eigenvalue weighted by Crippen LogP contribution is 2.38. The Morgan fingerprint density at radius 1 is 1.26 bits per heavy atom. The maximum atomic E-state index is 6.24. The van der Waals surface area contributed by atoms with Crippen LogP contribution < -0.4 is 5.32 Å². The molecule has 2 aliphatic rings. The standard InChI is InChI=1S/C13H13BrCl2N2S/c14-8-4-5-10(12(16)11(8)15)18-13-17-9-3-1-2-7(9)6-19-13/h4-5,7,9H,1-3,6H2,(H,17,18).